The van der Waals surface area contributed by atoms with Crippen molar-refractivity contribution < 1.29 is 24.2 Å². The van der Waals surface area contributed by atoms with Crippen LogP contribution < -0.4 is 10.6 Å². The molecule has 0 aromatic heterocycles. The molecule has 7 nitrogen and oxygen atoms in total. The predicted octanol–water partition coefficient (Wildman–Crippen LogP) is 4.53. The van der Waals surface area contributed by atoms with Gasteiger partial charge in [-0.3, -0.25) is 4.79 Å². The Hall–Kier alpha value is -4.13. The lowest BCUT2D eigenvalue weighted by Gasteiger charge is -2.18. The molecule has 3 atom stereocenters. The molecule has 0 unspecified atom stereocenters. The summed E-state index contributed by atoms with van der Waals surface area (Å²) in [5.41, 5.74) is 3.22. The van der Waals surface area contributed by atoms with Crippen molar-refractivity contribution in [2.24, 2.45) is 0 Å². The third-order valence-electron chi connectivity index (χ3n) is 5.83. The fraction of sp³-hybridized carbons (Fsp3) is 0.222. The highest BCUT2D eigenvalue weighted by Crippen LogP contribution is 2.40. The van der Waals surface area contributed by atoms with Gasteiger partial charge in [0.05, 0.1) is 6.04 Å². The molecule has 3 N–H and O–H groups in total. The molecule has 1 aliphatic carbocycles. The monoisotopic (exact) mass is 458 g/mol. The van der Waals surface area contributed by atoms with Gasteiger partial charge in [-0.25, -0.2) is 9.59 Å². The number of carboxylic acid groups (broad SMARTS) is 1. The highest BCUT2D eigenvalue weighted by Gasteiger charge is 2.39. The molecule has 0 bridgehead atoms. The summed E-state index contributed by atoms with van der Waals surface area (Å²) in [6.45, 7) is 0.112. The number of ether oxygens (including phenoxy) is 1. The van der Waals surface area contributed by atoms with E-state index in [0.717, 1.165) is 23.1 Å². The first kappa shape index (κ1) is 23.0. The van der Waals surface area contributed by atoms with Crippen LogP contribution >= 0.6 is 0 Å². The van der Waals surface area contributed by atoms with Crippen molar-refractivity contribution in [1.29, 1.82) is 0 Å². The minimum atomic E-state index is -1.03. The van der Waals surface area contributed by atoms with E-state index in [2.05, 4.69) is 10.6 Å². The Bertz CT molecular complexity index is 1130. The summed E-state index contributed by atoms with van der Waals surface area (Å²) in [6, 6.07) is 25.1. The number of amides is 2. The van der Waals surface area contributed by atoms with Crippen molar-refractivity contribution in [1.82, 2.24) is 10.6 Å². The Morgan fingerprint density at radius 2 is 1.50 bits per heavy atom. The first-order chi connectivity index (χ1) is 16.5. The van der Waals surface area contributed by atoms with Crippen LogP contribution in [0.4, 0.5) is 9.59 Å². The number of carbonyl (C=O) groups excluding carboxylic acids is 2. The molecule has 0 heterocycles. The van der Waals surface area contributed by atoms with Crippen molar-refractivity contribution in [2.45, 2.75) is 37.5 Å². The number of hydrogen-bond donors (Lipinski definition) is 3. The third-order valence-corrected chi connectivity index (χ3v) is 5.83. The Balaban J connectivity index is 1.43. The zero-order valence-corrected chi connectivity index (χ0v) is 18.5. The maximum atomic E-state index is 13.3. The molecule has 3 aromatic carbocycles. The van der Waals surface area contributed by atoms with Crippen molar-refractivity contribution in [3.8, 4) is 0 Å². The van der Waals surface area contributed by atoms with Gasteiger partial charge in [0.25, 0.3) is 0 Å². The van der Waals surface area contributed by atoms with Crippen molar-refractivity contribution in [3.63, 3.8) is 0 Å². The van der Waals surface area contributed by atoms with Crippen molar-refractivity contribution in [3.05, 3.63) is 107 Å². The van der Waals surface area contributed by atoms with Crippen LogP contribution in [0.3, 0.4) is 0 Å². The van der Waals surface area contributed by atoms with Gasteiger partial charge in [-0.15, -0.1) is 0 Å². The molecule has 4 rings (SSSR count). The molecular formula is C27H26N2O5. The average Bonchev–Trinajstić information content (AvgIpc) is 3.61. The number of benzene rings is 3. The van der Waals surface area contributed by atoms with Gasteiger partial charge in [0.2, 0.25) is 0 Å². The lowest BCUT2D eigenvalue weighted by molar-refractivity contribution is 0.0916. The Kier molecular flexibility index (Phi) is 7.22. The third kappa shape index (κ3) is 6.22. The van der Waals surface area contributed by atoms with Gasteiger partial charge in [0, 0.05) is 23.9 Å². The van der Waals surface area contributed by atoms with E-state index < -0.39 is 18.2 Å². The second-order valence-corrected chi connectivity index (χ2v) is 8.33. The van der Waals surface area contributed by atoms with Crippen LogP contribution in [0.25, 0.3) is 0 Å². The van der Waals surface area contributed by atoms with Crippen LogP contribution in [-0.4, -0.2) is 35.2 Å². The molecule has 0 spiro atoms. The van der Waals surface area contributed by atoms with E-state index in [9.17, 15) is 14.4 Å². The summed E-state index contributed by atoms with van der Waals surface area (Å²) in [5, 5.41) is 14.1. The Labute approximate surface area is 197 Å². The molecule has 2 amide bonds. The number of ketones is 1. The zero-order valence-electron chi connectivity index (χ0n) is 18.5. The largest absolute Gasteiger partial charge is 0.465 e. The fourth-order valence-electron chi connectivity index (χ4n) is 3.94. The molecule has 0 radical (unpaired) electrons. The van der Waals surface area contributed by atoms with Crippen LogP contribution in [0.1, 0.15) is 39.4 Å². The standard InChI is InChI=1S/C27H26N2O5/c30-25(21-13-11-20(12-14-21)22-16-23(22)28-26(31)32)24(15-18-7-3-1-4-8-18)29-27(33)34-17-19-9-5-2-6-10-19/h1-14,22-24,28H,15-17H2,(H,29,33)(H,31,32)/t22-,23-,24+/m1/s1. The van der Waals surface area contributed by atoms with E-state index in [-0.39, 0.29) is 24.3 Å². The first-order valence-corrected chi connectivity index (χ1v) is 11.1. The lowest BCUT2D eigenvalue weighted by atomic mass is 9.96. The van der Waals surface area contributed by atoms with Crippen molar-refractivity contribution in [2.75, 3.05) is 0 Å². The number of Topliss-reactive ketones (excluding diaryl/α,β-unsaturated/α-hetero) is 1. The van der Waals surface area contributed by atoms with E-state index in [1.807, 2.05) is 72.8 Å². The smallest absolute Gasteiger partial charge is 0.408 e. The number of alkyl carbamates (subject to hydrolysis) is 1. The summed E-state index contributed by atoms with van der Waals surface area (Å²) >= 11 is 0. The van der Waals surface area contributed by atoms with E-state index >= 15 is 0 Å². The maximum Gasteiger partial charge on any atom is 0.408 e. The lowest BCUT2D eigenvalue weighted by Crippen LogP contribution is -2.42. The van der Waals surface area contributed by atoms with E-state index in [4.69, 9.17) is 9.84 Å². The van der Waals surface area contributed by atoms with Crippen molar-refractivity contribution >= 4 is 18.0 Å². The highest BCUT2D eigenvalue weighted by molar-refractivity contribution is 6.01. The Morgan fingerprint density at radius 1 is 0.882 bits per heavy atom. The minimum absolute atomic E-state index is 0.0917. The number of hydrogen-bond acceptors (Lipinski definition) is 4. The molecule has 1 saturated carbocycles. The molecule has 174 valence electrons. The predicted molar refractivity (Wildman–Crippen MR) is 127 cm³/mol. The number of nitrogens with one attached hydrogen (secondary N) is 2. The normalized spacial score (nSPS) is 17.3. The second-order valence-electron chi connectivity index (χ2n) is 8.33. The van der Waals surface area contributed by atoms with Crippen LogP contribution in [-0.2, 0) is 17.8 Å². The van der Waals surface area contributed by atoms with Crippen LogP contribution in [0.5, 0.6) is 0 Å². The van der Waals surface area contributed by atoms with Gasteiger partial charge in [-0.1, -0.05) is 84.9 Å². The van der Waals surface area contributed by atoms with Gasteiger partial charge in [0.1, 0.15) is 6.61 Å². The number of carbonyl (C=O) groups is 3. The summed E-state index contributed by atoms with van der Waals surface area (Å²) in [5.74, 6) is -0.102. The molecule has 0 aliphatic heterocycles. The molecule has 0 saturated heterocycles. The van der Waals surface area contributed by atoms with E-state index in [1.165, 1.54) is 0 Å². The van der Waals surface area contributed by atoms with Crippen LogP contribution in [0.15, 0.2) is 84.9 Å². The van der Waals surface area contributed by atoms with Gasteiger partial charge >= 0.3 is 12.2 Å². The Morgan fingerprint density at radius 3 is 2.12 bits per heavy atom. The number of rotatable bonds is 9. The zero-order chi connectivity index (χ0) is 23.9. The van der Waals surface area contributed by atoms with Gasteiger partial charge in [-0.2, -0.15) is 0 Å². The molecule has 3 aromatic rings. The summed E-state index contributed by atoms with van der Waals surface area (Å²) in [4.78, 5) is 36.6. The summed E-state index contributed by atoms with van der Waals surface area (Å²) < 4.78 is 5.33. The van der Waals surface area contributed by atoms with Crippen LogP contribution in [0, 0.1) is 0 Å². The SMILES string of the molecule is O=C(O)N[C@@H]1C[C@@H]1c1ccc(C(=O)[C@H](Cc2ccccc2)NC(=O)OCc2ccccc2)cc1. The topological polar surface area (TPSA) is 105 Å². The van der Waals surface area contributed by atoms with Crippen LogP contribution in [0.2, 0.25) is 0 Å². The van der Waals surface area contributed by atoms with Gasteiger partial charge in [0.15, 0.2) is 5.78 Å². The molecule has 1 fully saturated rings. The van der Waals surface area contributed by atoms with E-state index in [0.29, 0.717) is 12.0 Å². The summed E-state index contributed by atoms with van der Waals surface area (Å²) in [7, 11) is 0. The second kappa shape index (κ2) is 10.7. The fourth-order valence-corrected chi connectivity index (χ4v) is 3.94. The first-order valence-electron chi connectivity index (χ1n) is 11.1. The van der Waals surface area contributed by atoms with Gasteiger partial charge < -0.3 is 20.5 Å². The molecular weight excluding hydrogens is 432 g/mol. The molecule has 1 aliphatic rings. The highest BCUT2D eigenvalue weighted by atomic mass is 16.5. The maximum absolute atomic E-state index is 13.3. The van der Waals surface area contributed by atoms with E-state index in [1.54, 1.807) is 12.1 Å². The minimum Gasteiger partial charge on any atom is -0.465 e. The summed E-state index contributed by atoms with van der Waals surface area (Å²) in [6.07, 6.45) is -0.622. The molecule has 7 heteroatoms. The average molecular weight is 459 g/mol. The molecule has 34 heavy (non-hydrogen) atoms. The quantitative estimate of drug-likeness (QED) is 0.409. The van der Waals surface area contributed by atoms with Gasteiger partial charge in [-0.05, 0) is 23.1 Å².